The minimum Gasteiger partial charge on any atom is -0.360 e. The van der Waals surface area contributed by atoms with E-state index in [4.69, 9.17) is 9.52 Å². The van der Waals surface area contributed by atoms with E-state index in [2.05, 4.69) is 177 Å². The van der Waals surface area contributed by atoms with Crippen molar-refractivity contribution in [1.29, 1.82) is 0 Å². The second-order valence-corrected chi connectivity index (χ2v) is 16.5. The molecule has 7 heteroatoms. The zero-order valence-corrected chi connectivity index (χ0v) is 37.3. The van der Waals surface area contributed by atoms with Gasteiger partial charge in [-0.1, -0.05) is 178 Å². The first-order chi connectivity index (χ1) is 31.3. The van der Waals surface area contributed by atoms with E-state index in [1.807, 2.05) is 12.1 Å². The number of aliphatic imine (C=N–C) groups is 1. The summed E-state index contributed by atoms with van der Waals surface area (Å²) in [5, 5.41) is 10.7. The maximum atomic E-state index is 13.4. The third kappa shape index (κ3) is 10.2. The molecule has 0 unspecified atom stereocenters. The summed E-state index contributed by atoms with van der Waals surface area (Å²) in [7, 11) is 0. The third-order valence-corrected chi connectivity index (χ3v) is 12.3. The highest BCUT2D eigenvalue weighted by Crippen LogP contribution is 2.36. The van der Waals surface area contributed by atoms with Crippen molar-refractivity contribution in [2.45, 2.75) is 79.3 Å². The standard InChI is InChI=1S/C57H56N4O3/c1-5-38-9-25-46(26-10-38)54-50(37-60-56(54)48-29-13-40(7-3)14-30-48)33-52(62)58-35-42-17-21-44(22-18-42)45-23-19-43(20-24-45)36-59-53(63)34-51-55(47-27-11-39(6-2)12-28-47)57(61-64-51)49-31-15-41(8-4)16-32-49/h9-32H,5-8,33-37H2,1-4H3,(H,58,62)(H,59,63). The minimum atomic E-state index is -0.139. The Morgan fingerprint density at radius 3 is 1.33 bits per heavy atom. The van der Waals surface area contributed by atoms with Gasteiger partial charge < -0.3 is 15.2 Å². The maximum Gasteiger partial charge on any atom is 0.228 e. The Bertz CT molecular complexity index is 2760. The fourth-order valence-electron chi connectivity index (χ4n) is 8.27. The van der Waals surface area contributed by atoms with Crippen LogP contribution in [0.15, 0.2) is 161 Å². The molecule has 0 saturated heterocycles. The van der Waals surface area contributed by atoms with E-state index in [1.54, 1.807) is 0 Å². The number of rotatable bonds is 17. The van der Waals surface area contributed by atoms with Gasteiger partial charge >= 0.3 is 0 Å². The van der Waals surface area contributed by atoms with E-state index < -0.39 is 0 Å². The van der Waals surface area contributed by atoms with Crippen molar-refractivity contribution >= 4 is 23.1 Å². The lowest BCUT2D eigenvalue weighted by atomic mass is 9.91. The van der Waals surface area contributed by atoms with E-state index in [0.717, 1.165) is 98.3 Å². The number of nitrogens with zero attached hydrogens (tertiary/aromatic N) is 2. The van der Waals surface area contributed by atoms with Crippen molar-refractivity contribution in [3.8, 4) is 33.5 Å². The van der Waals surface area contributed by atoms with Crippen LogP contribution in [-0.4, -0.2) is 29.2 Å². The maximum absolute atomic E-state index is 13.4. The van der Waals surface area contributed by atoms with Gasteiger partial charge in [0, 0.05) is 29.8 Å². The number of benzene rings is 6. The number of carbonyl (C=O) groups is 2. The minimum absolute atomic E-state index is 0.0208. The van der Waals surface area contributed by atoms with Crippen molar-refractivity contribution in [2.24, 2.45) is 4.99 Å². The van der Waals surface area contributed by atoms with E-state index in [1.165, 1.54) is 22.3 Å². The molecule has 7 aromatic rings. The molecule has 2 amide bonds. The van der Waals surface area contributed by atoms with Gasteiger partial charge in [-0.2, -0.15) is 0 Å². The van der Waals surface area contributed by atoms with Crippen LogP contribution in [0.5, 0.6) is 0 Å². The molecule has 1 aliphatic heterocycles. The summed E-state index contributed by atoms with van der Waals surface area (Å²) in [5.74, 6) is 0.383. The summed E-state index contributed by atoms with van der Waals surface area (Å²) in [6.07, 6.45) is 4.23. The van der Waals surface area contributed by atoms with Crippen molar-refractivity contribution < 1.29 is 14.1 Å². The molecule has 0 atom stereocenters. The molecule has 0 aliphatic carbocycles. The Hall–Kier alpha value is -7.12. The number of carbonyl (C=O) groups excluding carboxylic acids is 2. The molecule has 6 aromatic carbocycles. The molecule has 0 spiro atoms. The normalized spacial score (nSPS) is 12.3. The van der Waals surface area contributed by atoms with Crippen LogP contribution in [0.2, 0.25) is 0 Å². The van der Waals surface area contributed by atoms with E-state index in [0.29, 0.717) is 31.8 Å². The van der Waals surface area contributed by atoms with Crippen LogP contribution in [0.3, 0.4) is 0 Å². The van der Waals surface area contributed by atoms with Gasteiger partial charge in [-0.25, -0.2) is 0 Å². The van der Waals surface area contributed by atoms with Crippen molar-refractivity contribution in [3.05, 3.63) is 201 Å². The van der Waals surface area contributed by atoms with Crippen LogP contribution in [0.1, 0.15) is 84.4 Å². The molecule has 1 aromatic heterocycles. The summed E-state index contributed by atoms with van der Waals surface area (Å²) in [4.78, 5) is 31.7. The first-order valence-corrected chi connectivity index (χ1v) is 22.7. The first-order valence-electron chi connectivity index (χ1n) is 22.7. The van der Waals surface area contributed by atoms with Crippen LogP contribution in [0.25, 0.3) is 39.1 Å². The average molecular weight is 845 g/mol. The fraction of sp³-hybridized carbons (Fsp3) is 0.228. The fourth-order valence-corrected chi connectivity index (χ4v) is 8.27. The smallest absolute Gasteiger partial charge is 0.228 e. The number of nitrogens with one attached hydrogen (secondary N) is 2. The van der Waals surface area contributed by atoms with Gasteiger partial charge in [-0.15, -0.1) is 0 Å². The SMILES string of the molecule is CCc1ccc(C2=NCC(CC(=O)NCc3ccc(-c4ccc(CNC(=O)Cc5onc(-c6ccc(CC)cc6)c5-c5ccc(CC)cc5)cc4)cc3)=C2c2ccc(CC)cc2)cc1. The summed E-state index contributed by atoms with van der Waals surface area (Å²) in [5.41, 5.74) is 18.0. The number of hydrogen-bond acceptors (Lipinski definition) is 5. The predicted molar refractivity (Wildman–Crippen MR) is 260 cm³/mol. The van der Waals surface area contributed by atoms with Gasteiger partial charge in [-0.05, 0) is 86.9 Å². The lowest BCUT2D eigenvalue weighted by Crippen LogP contribution is -2.24. The number of aromatic nitrogens is 1. The summed E-state index contributed by atoms with van der Waals surface area (Å²) in [6.45, 7) is 9.93. The number of allylic oxidation sites excluding steroid dienone is 1. The highest BCUT2D eigenvalue weighted by molar-refractivity contribution is 6.34. The third-order valence-electron chi connectivity index (χ3n) is 12.3. The van der Waals surface area contributed by atoms with Gasteiger partial charge in [0.2, 0.25) is 11.8 Å². The van der Waals surface area contributed by atoms with Gasteiger partial charge in [0.25, 0.3) is 0 Å². The van der Waals surface area contributed by atoms with Gasteiger partial charge in [0.1, 0.15) is 5.69 Å². The first kappa shape index (κ1) is 43.5. The molecule has 7 nitrogen and oxygen atoms in total. The van der Waals surface area contributed by atoms with Crippen LogP contribution < -0.4 is 10.6 Å². The van der Waals surface area contributed by atoms with Crippen LogP contribution in [0.4, 0.5) is 0 Å². The molecular formula is C57H56N4O3. The Morgan fingerprint density at radius 1 is 0.469 bits per heavy atom. The quantitative estimate of drug-likeness (QED) is 0.0954. The molecule has 0 bridgehead atoms. The van der Waals surface area contributed by atoms with Gasteiger partial charge in [0.05, 0.1) is 30.7 Å². The van der Waals surface area contributed by atoms with Crippen molar-refractivity contribution in [3.63, 3.8) is 0 Å². The van der Waals surface area contributed by atoms with E-state index >= 15 is 0 Å². The molecule has 0 fully saturated rings. The van der Waals surface area contributed by atoms with Crippen LogP contribution >= 0.6 is 0 Å². The molecule has 8 rings (SSSR count). The molecule has 2 heterocycles. The Balaban J connectivity index is 0.868. The number of hydrogen-bond donors (Lipinski definition) is 2. The molecular weight excluding hydrogens is 789 g/mol. The summed E-state index contributed by atoms with van der Waals surface area (Å²) < 4.78 is 5.88. The molecule has 322 valence electrons. The highest BCUT2D eigenvalue weighted by Gasteiger charge is 2.25. The Morgan fingerprint density at radius 2 is 0.859 bits per heavy atom. The average Bonchev–Trinajstić information content (AvgIpc) is 3.97. The lowest BCUT2D eigenvalue weighted by molar-refractivity contribution is -0.121. The second-order valence-electron chi connectivity index (χ2n) is 16.5. The summed E-state index contributed by atoms with van der Waals surface area (Å²) in [6, 6.07) is 50.5. The largest absolute Gasteiger partial charge is 0.360 e. The van der Waals surface area contributed by atoms with E-state index in [-0.39, 0.29) is 18.2 Å². The molecule has 0 saturated carbocycles. The zero-order valence-electron chi connectivity index (χ0n) is 37.3. The molecule has 2 N–H and O–H groups in total. The number of amides is 2. The summed E-state index contributed by atoms with van der Waals surface area (Å²) >= 11 is 0. The molecule has 64 heavy (non-hydrogen) atoms. The van der Waals surface area contributed by atoms with Crippen molar-refractivity contribution in [2.75, 3.05) is 6.54 Å². The van der Waals surface area contributed by atoms with Crippen LogP contribution in [0, 0.1) is 0 Å². The lowest BCUT2D eigenvalue weighted by Gasteiger charge is -2.13. The predicted octanol–water partition coefficient (Wildman–Crippen LogP) is 11.7. The monoisotopic (exact) mass is 844 g/mol. The number of aryl methyl sites for hydroxylation is 4. The van der Waals surface area contributed by atoms with Crippen LogP contribution in [-0.2, 0) is 54.8 Å². The second kappa shape index (κ2) is 20.4. The van der Waals surface area contributed by atoms with Gasteiger partial charge in [-0.3, -0.25) is 14.6 Å². The Labute approximate surface area is 377 Å². The highest BCUT2D eigenvalue weighted by atomic mass is 16.5. The van der Waals surface area contributed by atoms with E-state index in [9.17, 15) is 9.59 Å². The molecule has 1 aliphatic rings. The van der Waals surface area contributed by atoms with Gasteiger partial charge in [0.15, 0.2) is 5.76 Å². The topological polar surface area (TPSA) is 96.6 Å². The molecule has 0 radical (unpaired) electrons. The van der Waals surface area contributed by atoms with Crippen molar-refractivity contribution in [1.82, 2.24) is 15.8 Å². The Kier molecular flexibility index (Phi) is 13.9. The zero-order chi connectivity index (χ0) is 44.4.